The molecule has 0 atom stereocenters. The van der Waals surface area contributed by atoms with E-state index >= 15 is 0 Å². The molecule has 1 aliphatic rings. The first-order valence-corrected chi connectivity index (χ1v) is 6.21. The van der Waals surface area contributed by atoms with E-state index in [4.69, 9.17) is 9.31 Å². The molecule has 1 fully saturated rings. The molecule has 0 amide bonds. The minimum absolute atomic E-state index is 0.127. The first-order chi connectivity index (χ1) is 8.96. The Morgan fingerprint density at radius 3 is 2.89 bits per heavy atom. The lowest BCUT2D eigenvalue weighted by Gasteiger charge is -2.15. The van der Waals surface area contributed by atoms with Crippen LogP contribution in [0.25, 0.3) is 11.0 Å². The predicted octanol–water partition coefficient (Wildman–Crippen LogP) is 0.454. The smallest absolute Gasteiger partial charge is 0.404 e. The van der Waals surface area contributed by atoms with Crippen molar-refractivity contribution in [2.75, 3.05) is 6.61 Å². The van der Waals surface area contributed by atoms with Crippen LogP contribution in [0.4, 0.5) is 0 Å². The molecular formula is C13H15BN2O3. The molecule has 19 heavy (non-hydrogen) atoms. The molecule has 98 valence electrons. The van der Waals surface area contributed by atoms with Gasteiger partial charge in [0.15, 0.2) is 0 Å². The van der Waals surface area contributed by atoms with E-state index in [0.29, 0.717) is 6.61 Å². The quantitative estimate of drug-likeness (QED) is 0.697. The highest BCUT2D eigenvalue weighted by Gasteiger charge is 2.38. The first kappa shape index (κ1) is 12.4. The molecule has 2 heterocycles. The zero-order valence-corrected chi connectivity index (χ0v) is 11.2. The summed E-state index contributed by atoms with van der Waals surface area (Å²) in [5.41, 5.74) is 2.06. The Kier molecular flexibility index (Phi) is 2.72. The summed E-state index contributed by atoms with van der Waals surface area (Å²) >= 11 is 0. The number of fused-ring (bicyclic) bond motifs is 1. The van der Waals surface area contributed by atoms with Gasteiger partial charge in [-0.1, -0.05) is 6.07 Å². The van der Waals surface area contributed by atoms with Crippen molar-refractivity contribution >= 4 is 23.6 Å². The Bertz CT molecular complexity index is 696. The van der Waals surface area contributed by atoms with E-state index in [2.05, 4.69) is 4.98 Å². The fourth-order valence-corrected chi connectivity index (χ4v) is 2.19. The van der Waals surface area contributed by atoms with Gasteiger partial charge in [-0.15, -0.1) is 0 Å². The van der Waals surface area contributed by atoms with Gasteiger partial charge in [0.1, 0.15) is 0 Å². The van der Waals surface area contributed by atoms with Crippen molar-refractivity contribution in [1.29, 1.82) is 0 Å². The number of nitrogens with zero attached hydrogens (tertiary/aromatic N) is 2. The van der Waals surface area contributed by atoms with E-state index in [1.807, 2.05) is 32.0 Å². The number of hydrogen-bond acceptors (Lipinski definition) is 4. The molecule has 1 aromatic heterocycles. The summed E-state index contributed by atoms with van der Waals surface area (Å²) in [6.07, 6.45) is 1.33. The third-order valence-corrected chi connectivity index (χ3v) is 3.29. The van der Waals surface area contributed by atoms with Gasteiger partial charge >= 0.3 is 7.12 Å². The first-order valence-electron chi connectivity index (χ1n) is 6.21. The summed E-state index contributed by atoms with van der Waals surface area (Å²) in [5, 5.41) is 0. The third-order valence-electron chi connectivity index (χ3n) is 3.29. The Morgan fingerprint density at radius 1 is 1.42 bits per heavy atom. The lowest BCUT2D eigenvalue weighted by Crippen LogP contribution is -2.34. The highest BCUT2D eigenvalue weighted by Crippen LogP contribution is 2.20. The minimum Gasteiger partial charge on any atom is -0.404 e. The van der Waals surface area contributed by atoms with Crippen LogP contribution in [-0.2, 0) is 16.4 Å². The Labute approximate surface area is 111 Å². The van der Waals surface area contributed by atoms with Crippen molar-refractivity contribution in [3.63, 3.8) is 0 Å². The van der Waals surface area contributed by atoms with E-state index < -0.39 is 0 Å². The average molecular weight is 258 g/mol. The van der Waals surface area contributed by atoms with Crippen LogP contribution >= 0.6 is 0 Å². The molecule has 0 spiro atoms. The lowest BCUT2D eigenvalue weighted by atomic mass is 9.79. The van der Waals surface area contributed by atoms with Crippen LogP contribution in [0.3, 0.4) is 0 Å². The molecule has 0 saturated carbocycles. The molecule has 0 bridgehead atoms. The molecule has 3 rings (SSSR count). The van der Waals surface area contributed by atoms with Crippen LogP contribution in [-0.4, -0.2) is 28.9 Å². The van der Waals surface area contributed by atoms with E-state index in [1.165, 1.54) is 6.20 Å². The molecule has 0 radical (unpaired) electrons. The minimum atomic E-state index is -0.380. The Balaban J connectivity index is 2.07. The fraction of sp³-hybridized carbons (Fsp3) is 0.385. The van der Waals surface area contributed by atoms with Crippen LogP contribution < -0.4 is 11.0 Å². The van der Waals surface area contributed by atoms with Crippen LogP contribution in [0.2, 0.25) is 0 Å². The number of hydrogen-bond donors (Lipinski definition) is 0. The third kappa shape index (κ3) is 2.17. The van der Waals surface area contributed by atoms with Crippen molar-refractivity contribution in [2.24, 2.45) is 7.05 Å². The van der Waals surface area contributed by atoms with Gasteiger partial charge in [0.05, 0.1) is 29.4 Å². The zero-order chi connectivity index (χ0) is 13.6. The molecule has 0 N–H and O–H groups in total. The Hall–Kier alpha value is -1.66. The summed E-state index contributed by atoms with van der Waals surface area (Å²) in [4.78, 5) is 15.7. The fourth-order valence-electron chi connectivity index (χ4n) is 2.19. The molecule has 5 nitrogen and oxygen atoms in total. The monoisotopic (exact) mass is 258 g/mol. The molecule has 1 aromatic carbocycles. The molecule has 0 unspecified atom stereocenters. The van der Waals surface area contributed by atoms with E-state index in [1.54, 1.807) is 11.6 Å². The predicted molar refractivity (Wildman–Crippen MR) is 73.5 cm³/mol. The van der Waals surface area contributed by atoms with Crippen LogP contribution in [0.15, 0.2) is 29.2 Å². The highest BCUT2D eigenvalue weighted by atomic mass is 16.7. The maximum Gasteiger partial charge on any atom is 0.494 e. The second-order valence-electron chi connectivity index (χ2n) is 5.42. The molecular weight excluding hydrogens is 243 g/mol. The van der Waals surface area contributed by atoms with Gasteiger partial charge in [0.25, 0.3) is 5.56 Å². The van der Waals surface area contributed by atoms with E-state index in [-0.39, 0.29) is 18.3 Å². The highest BCUT2D eigenvalue weighted by molar-refractivity contribution is 6.62. The van der Waals surface area contributed by atoms with Crippen molar-refractivity contribution in [3.8, 4) is 0 Å². The van der Waals surface area contributed by atoms with Gasteiger partial charge in [0.2, 0.25) is 0 Å². The normalized spacial score (nSPS) is 18.2. The lowest BCUT2D eigenvalue weighted by molar-refractivity contribution is 0.137. The van der Waals surface area contributed by atoms with Gasteiger partial charge in [-0.3, -0.25) is 4.79 Å². The van der Waals surface area contributed by atoms with Crippen LogP contribution in [0, 0.1) is 0 Å². The second kappa shape index (κ2) is 4.18. The van der Waals surface area contributed by atoms with Crippen molar-refractivity contribution in [2.45, 2.75) is 19.4 Å². The SMILES string of the molecule is Cn1c(=O)cnc2ccc(B3OCC(C)(C)O3)cc21. The molecule has 6 heteroatoms. The van der Waals surface area contributed by atoms with Gasteiger partial charge in [-0.25, -0.2) is 4.98 Å². The number of benzene rings is 1. The summed E-state index contributed by atoms with van der Waals surface area (Å²) < 4.78 is 13.0. The van der Waals surface area contributed by atoms with Crippen molar-refractivity contribution < 1.29 is 9.31 Å². The van der Waals surface area contributed by atoms with Crippen molar-refractivity contribution in [3.05, 3.63) is 34.7 Å². The Morgan fingerprint density at radius 2 is 2.21 bits per heavy atom. The molecule has 1 saturated heterocycles. The molecule has 0 aliphatic carbocycles. The van der Waals surface area contributed by atoms with E-state index in [0.717, 1.165) is 16.5 Å². The summed E-state index contributed by atoms with van der Waals surface area (Å²) in [6.45, 7) is 4.54. The maximum atomic E-state index is 11.6. The van der Waals surface area contributed by atoms with Gasteiger partial charge in [0, 0.05) is 7.05 Å². The number of aromatic nitrogens is 2. The van der Waals surface area contributed by atoms with Crippen LogP contribution in [0.1, 0.15) is 13.8 Å². The van der Waals surface area contributed by atoms with E-state index in [9.17, 15) is 4.79 Å². The zero-order valence-electron chi connectivity index (χ0n) is 11.2. The molecule has 2 aromatic rings. The number of aryl methyl sites for hydroxylation is 1. The van der Waals surface area contributed by atoms with Gasteiger partial charge in [-0.05, 0) is 31.4 Å². The maximum absolute atomic E-state index is 11.6. The van der Waals surface area contributed by atoms with Crippen LogP contribution in [0.5, 0.6) is 0 Å². The van der Waals surface area contributed by atoms with Crippen molar-refractivity contribution in [1.82, 2.24) is 9.55 Å². The summed E-state index contributed by atoms with van der Waals surface area (Å²) in [7, 11) is 1.35. The average Bonchev–Trinajstić information content (AvgIpc) is 2.74. The standard InChI is InChI=1S/C13H15BN2O3/c1-13(2)8-18-14(19-13)9-4-5-10-11(6-9)16(3)12(17)7-15-10/h4-7H,8H2,1-3H3. The summed E-state index contributed by atoms with van der Waals surface area (Å²) in [6, 6.07) is 5.70. The topological polar surface area (TPSA) is 53.4 Å². The second-order valence-corrected chi connectivity index (χ2v) is 5.42. The number of rotatable bonds is 1. The largest absolute Gasteiger partial charge is 0.494 e. The summed E-state index contributed by atoms with van der Waals surface area (Å²) in [5.74, 6) is 0. The van der Waals surface area contributed by atoms with Gasteiger partial charge < -0.3 is 13.9 Å². The van der Waals surface area contributed by atoms with Gasteiger partial charge in [-0.2, -0.15) is 0 Å². The molecule has 1 aliphatic heterocycles.